The molecule has 98 valence electrons. The molecule has 1 amide bonds. The number of carbonyl (C=O) groups excluding carboxylic acids is 1. The molecular weight excluding hydrogens is 309 g/mol. The predicted octanol–water partition coefficient (Wildman–Crippen LogP) is 4.46. The van der Waals surface area contributed by atoms with Crippen LogP contribution in [-0.4, -0.2) is 5.91 Å². The Morgan fingerprint density at radius 1 is 1.11 bits per heavy atom. The Hall–Kier alpha value is -1.68. The molecule has 19 heavy (non-hydrogen) atoms. The van der Waals surface area contributed by atoms with Crippen LogP contribution in [0.3, 0.4) is 0 Å². The summed E-state index contributed by atoms with van der Waals surface area (Å²) in [7, 11) is 0. The Kier molecular flexibility index (Phi) is 4.00. The average Bonchev–Trinajstić information content (AvgIpc) is 2.37. The first kappa shape index (κ1) is 13.7. The fourth-order valence-electron chi connectivity index (χ4n) is 1.66. The molecule has 0 radical (unpaired) electrons. The van der Waals surface area contributed by atoms with Gasteiger partial charge in [-0.2, -0.15) is 0 Å². The maximum Gasteiger partial charge on any atom is 0.255 e. The highest BCUT2D eigenvalue weighted by Crippen LogP contribution is 2.19. The van der Waals surface area contributed by atoms with Crippen molar-refractivity contribution in [1.82, 2.24) is 0 Å². The number of benzene rings is 2. The van der Waals surface area contributed by atoms with Crippen molar-refractivity contribution < 1.29 is 9.18 Å². The van der Waals surface area contributed by atoms with Gasteiger partial charge in [0.05, 0.1) is 0 Å². The molecule has 2 rings (SSSR count). The van der Waals surface area contributed by atoms with Crippen molar-refractivity contribution in [3.05, 3.63) is 63.4 Å². The van der Waals surface area contributed by atoms with Gasteiger partial charge in [-0.3, -0.25) is 4.79 Å². The Bertz CT molecular complexity index is 640. The molecule has 0 aliphatic heterocycles. The second-order valence-electron chi connectivity index (χ2n) is 4.38. The zero-order valence-corrected chi connectivity index (χ0v) is 12.2. The smallest absolute Gasteiger partial charge is 0.255 e. The first-order valence-electron chi connectivity index (χ1n) is 5.81. The van der Waals surface area contributed by atoms with Crippen molar-refractivity contribution in [2.75, 3.05) is 5.32 Å². The quantitative estimate of drug-likeness (QED) is 0.869. The molecule has 0 saturated carbocycles. The van der Waals surface area contributed by atoms with Gasteiger partial charge in [0, 0.05) is 15.7 Å². The normalized spacial score (nSPS) is 10.3. The van der Waals surface area contributed by atoms with Crippen molar-refractivity contribution in [2.45, 2.75) is 13.8 Å². The highest BCUT2D eigenvalue weighted by atomic mass is 79.9. The number of anilines is 1. The molecule has 0 atom stereocenters. The molecule has 0 heterocycles. The van der Waals surface area contributed by atoms with Gasteiger partial charge in [0.25, 0.3) is 5.91 Å². The standard InChI is InChI=1S/C15H13BrFNO/c1-9-3-4-11(8-13(9)16)15(19)18-12-5-6-14(17)10(2)7-12/h3-8H,1-2H3,(H,18,19). The van der Waals surface area contributed by atoms with Crippen molar-refractivity contribution in [3.63, 3.8) is 0 Å². The Labute approximate surface area is 119 Å². The molecule has 2 aromatic carbocycles. The fourth-order valence-corrected chi connectivity index (χ4v) is 2.04. The minimum absolute atomic E-state index is 0.216. The number of rotatable bonds is 2. The molecule has 0 aliphatic rings. The van der Waals surface area contributed by atoms with Crippen LogP contribution in [0.2, 0.25) is 0 Å². The summed E-state index contributed by atoms with van der Waals surface area (Å²) in [4.78, 5) is 12.0. The zero-order valence-electron chi connectivity index (χ0n) is 10.6. The third-order valence-electron chi connectivity index (χ3n) is 2.85. The van der Waals surface area contributed by atoms with E-state index < -0.39 is 0 Å². The van der Waals surface area contributed by atoms with E-state index in [-0.39, 0.29) is 11.7 Å². The number of carbonyl (C=O) groups is 1. The number of nitrogens with one attached hydrogen (secondary N) is 1. The van der Waals surface area contributed by atoms with Crippen molar-refractivity contribution in [2.24, 2.45) is 0 Å². The van der Waals surface area contributed by atoms with E-state index in [0.29, 0.717) is 16.8 Å². The number of hydrogen-bond acceptors (Lipinski definition) is 1. The van der Waals surface area contributed by atoms with E-state index in [4.69, 9.17) is 0 Å². The first-order chi connectivity index (χ1) is 8.97. The molecule has 0 aromatic heterocycles. The number of aryl methyl sites for hydroxylation is 2. The average molecular weight is 322 g/mol. The molecule has 1 N–H and O–H groups in total. The second kappa shape index (κ2) is 5.53. The van der Waals surface area contributed by atoms with E-state index in [9.17, 15) is 9.18 Å². The third kappa shape index (κ3) is 3.20. The summed E-state index contributed by atoms with van der Waals surface area (Å²) < 4.78 is 14.0. The van der Waals surface area contributed by atoms with Gasteiger partial charge in [-0.05, 0) is 55.3 Å². The summed E-state index contributed by atoms with van der Waals surface area (Å²) in [6.45, 7) is 3.61. The van der Waals surface area contributed by atoms with E-state index >= 15 is 0 Å². The third-order valence-corrected chi connectivity index (χ3v) is 3.70. The molecule has 0 bridgehead atoms. The topological polar surface area (TPSA) is 29.1 Å². The summed E-state index contributed by atoms with van der Waals surface area (Å²) in [6.07, 6.45) is 0. The number of hydrogen-bond donors (Lipinski definition) is 1. The van der Waals surface area contributed by atoms with Gasteiger partial charge in [0.15, 0.2) is 0 Å². The molecule has 0 aliphatic carbocycles. The predicted molar refractivity (Wildman–Crippen MR) is 78.0 cm³/mol. The number of halogens is 2. The van der Waals surface area contributed by atoms with Crippen LogP contribution in [0, 0.1) is 19.7 Å². The van der Waals surface area contributed by atoms with Gasteiger partial charge in [-0.25, -0.2) is 4.39 Å². The van der Waals surface area contributed by atoms with Gasteiger partial charge in [-0.1, -0.05) is 22.0 Å². The lowest BCUT2D eigenvalue weighted by atomic mass is 10.1. The van der Waals surface area contributed by atoms with Gasteiger partial charge in [0.1, 0.15) is 5.82 Å². The Morgan fingerprint density at radius 3 is 2.47 bits per heavy atom. The Balaban J connectivity index is 2.20. The van der Waals surface area contributed by atoms with Gasteiger partial charge in [-0.15, -0.1) is 0 Å². The maximum atomic E-state index is 13.1. The van der Waals surface area contributed by atoms with Gasteiger partial charge in [0.2, 0.25) is 0 Å². The van der Waals surface area contributed by atoms with Crippen LogP contribution in [0.4, 0.5) is 10.1 Å². The summed E-state index contributed by atoms with van der Waals surface area (Å²) in [5.74, 6) is -0.497. The van der Waals surface area contributed by atoms with Crippen LogP contribution >= 0.6 is 15.9 Å². The molecule has 0 fully saturated rings. The summed E-state index contributed by atoms with van der Waals surface area (Å²) in [6, 6.07) is 9.89. The van der Waals surface area contributed by atoms with Crippen LogP contribution in [0.1, 0.15) is 21.5 Å². The minimum atomic E-state index is -0.281. The SMILES string of the molecule is Cc1cc(NC(=O)c2ccc(C)c(Br)c2)ccc1F. The molecule has 2 aromatic rings. The molecular formula is C15H13BrFNO. The highest BCUT2D eigenvalue weighted by molar-refractivity contribution is 9.10. The van der Waals surface area contributed by atoms with Crippen LogP contribution < -0.4 is 5.32 Å². The molecule has 0 saturated heterocycles. The largest absolute Gasteiger partial charge is 0.322 e. The fraction of sp³-hybridized carbons (Fsp3) is 0.133. The molecule has 0 spiro atoms. The molecule has 2 nitrogen and oxygen atoms in total. The summed E-state index contributed by atoms with van der Waals surface area (Å²) in [5.41, 5.74) is 2.71. The monoisotopic (exact) mass is 321 g/mol. The lowest BCUT2D eigenvalue weighted by molar-refractivity contribution is 0.102. The van der Waals surface area contributed by atoms with E-state index in [2.05, 4.69) is 21.2 Å². The van der Waals surface area contributed by atoms with Crippen LogP contribution in [-0.2, 0) is 0 Å². The van der Waals surface area contributed by atoms with Crippen molar-refractivity contribution >= 4 is 27.5 Å². The van der Waals surface area contributed by atoms with Gasteiger partial charge < -0.3 is 5.32 Å². The Morgan fingerprint density at radius 2 is 1.84 bits per heavy atom. The minimum Gasteiger partial charge on any atom is -0.322 e. The van der Waals surface area contributed by atoms with E-state index in [1.165, 1.54) is 6.07 Å². The molecule has 0 unspecified atom stereocenters. The maximum absolute atomic E-state index is 13.1. The van der Waals surface area contributed by atoms with Crippen molar-refractivity contribution in [3.8, 4) is 0 Å². The van der Waals surface area contributed by atoms with Crippen LogP contribution in [0.5, 0.6) is 0 Å². The van der Waals surface area contributed by atoms with Crippen LogP contribution in [0.25, 0.3) is 0 Å². The van der Waals surface area contributed by atoms with E-state index in [1.54, 1.807) is 31.2 Å². The summed E-state index contributed by atoms with van der Waals surface area (Å²) >= 11 is 3.39. The van der Waals surface area contributed by atoms with Crippen LogP contribution in [0.15, 0.2) is 40.9 Å². The second-order valence-corrected chi connectivity index (χ2v) is 5.24. The highest BCUT2D eigenvalue weighted by Gasteiger charge is 2.08. The van der Waals surface area contributed by atoms with Gasteiger partial charge >= 0.3 is 0 Å². The number of amides is 1. The zero-order chi connectivity index (χ0) is 14.0. The summed E-state index contributed by atoms with van der Waals surface area (Å²) in [5, 5.41) is 2.75. The lowest BCUT2D eigenvalue weighted by Gasteiger charge is -2.07. The molecule has 4 heteroatoms. The van der Waals surface area contributed by atoms with E-state index in [0.717, 1.165) is 10.0 Å². The van der Waals surface area contributed by atoms with Crippen molar-refractivity contribution in [1.29, 1.82) is 0 Å². The van der Waals surface area contributed by atoms with E-state index in [1.807, 2.05) is 13.0 Å². The first-order valence-corrected chi connectivity index (χ1v) is 6.60. The lowest BCUT2D eigenvalue weighted by Crippen LogP contribution is -2.12.